The molecule has 2 aliphatic heterocycles. The second-order valence-corrected chi connectivity index (χ2v) is 13.2. The normalized spacial score (nSPS) is 23.3. The molecule has 3 aromatic carbocycles. The smallest absolute Gasteiger partial charge is 0.234 e. The van der Waals surface area contributed by atoms with Crippen LogP contribution in [-0.2, 0) is 16.1 Å². The van der Waals surface area contributed by atoms with E-state index in [1.807, 2.05) is 73.7 Å². The molecule has 246 valence electrons. The van der Waals surface area contributed by atoms with Gasteiger partial charge in [-0.05, 0) is 72.9 Å². The molecule has 6 rings (SSSR count). The van der Waals surface area contributed by atoms with Gasteiger partial charge in [-0.3, -0.25) is 19.4 Å². The van der Waals surface area contributed by atoms with Gasteiger partial charge in [0.25, 0.3) is 0 Å². The van der Waals surface area contributed by atoms with Crippen molar-refractivity contribution < 1.29 is 24.9 Å². The molecule has 0 spiro atoms. The van der Waals surface area contributed by atoms with Crippen LogP contribution in [0.15, 0.2) is 96.1 Å². The van der Waals surface area contributed by atoms with Crippen LogP contribution in [0.25, 0.3) is 11.6 Å². The van der Waals surface area contributed by atoms with E-state index in [2.05, 4.69) is 17.0 Å². The molecule has 3 N–H and O–H groups in total. The summed E-state index contributed by atoms with van der Waals surface area (Å²) in [5, 5.41) is 33.0. The number of likely N-dealkylation sites (tertiary alicyclic amines) is 2. The molecule has 4 atom stereocenters. The highest BCUT2D eigenvalue weighted by atomic mass is 16.3. The van der Waals surface area contributed by atoms with E-state index in [1.165, 1.54) is 10.5 Å². The molecule has 3 aromatic rings. The lowest BCUT2D eigenvalue weighted by Crippen LogP contribution is -2.47. The van der Waals surface area contributed by atoms with Crippen LogP contribution in [0.4, 0.5) is 0 Å². The number of hydrogen-bond donors (Lipinski definition) is 3. The van der Waals surface area contributed by atoms with E-state index < -0.39 is 23.9 Å². The molecule has 2 saturated heterocycles. The monoisotopic (exact) mass is 634 g/mol. The maximum atomic E-state index is 14.1. The largest absolute Gasteiger partial charge is 0.507 e. The summed E-state index contributed by atoms with van der Waals surface area (Å²) in [4.78, 5) is 31.9. The van der Waals surface area contributed by atoms with E-state index >= 15 is 0 Å². The van der Waals surface area contributed by atoms with E-state index in [-0.39, 0.29) is 30.2 Å². The number of fused-ring (bicyclic) bond motifs is 1. The summed E-state index contributed by atoms with van der Waals surface area (Å²) in [5.74, 6) is -1.86. The maximum Gasteiger partial charge on any atom is 0.234 e. The molecule has 2 fully saturated rings. The third kappa shape index (κ3) is 6.98. The number of aromatic hydroxyl groups is 1. The number of aliphatic hydroxyl groups excluding tert-OH is 2. The molecule has 2 amide bonds. The molecule has 3 aliphatic rings. The Balaban J connectivity index is 1.18. The van der Waals surface area contributed by atoms with Gasteiger partial charge < -0.3 is 15.3 Å². The van der Waals surface area contributed by atoms with Gasteiger partial charge in [0.1, 0.15) is 5.75 Å². The number of amides is 2. The van der Waals surface area contributed by atoms with E-state index in [0.717, 1.165) is 54.8 Å². The lowest BCUT2D eigenvalue weighted by molar-refractivity contribution is -0.144. The van der Waals surface area contributed by atoms with Gasteiger partial charge in [-0.15, -0.1) is 0 Å². The lowest BCUT2D eigenvalue weighted by Gasteiger charge is -2.37. The molecule has 7 heteroatoms. The standard InChI is InChI=1S/C40H46N2O5/c1-2-28-24-33-38(40(47)42(39(33)46)32-19-21-41(22-20-32)25-27-11-5-3-6-12-27)34(26-43)37(28)36(45)18-17-30(29-13-7-4-8-14-29)23-31-15-9-10-16-35(31)44/h3-16,23,32-34,36,38,43-45H,2,17-22,24-26H2,1H3/b30-23-/t33-,34+,36-,38-/m1/s1. The van der Waals surface area contributed by atoms with Crippen LogP contribution in [0.3, 0.4) is 0 Å². The fourth-order valence-electron chi connectivity index (χ4n) is 8.06. The van der Waals surface area contributed by atoms with Gasteiger partial charge in [-0.1, -0.05) is 91.4 Å². The first-order valence-electron chi connectivity index (χ1n) is 17.1. The van der Waals surface area contributed by atoms with Gasteiger partial charge in [-0.2, -0.15) is 0 Å². The van der Waals surface area contributed by atoms with Crippen molar-refractivity contribution in [1.82, 2.24) is 9.80 Å². The number of carbonyl (C=O) groups is 2. The summed E-state index contributed by atoms with van der Waals surface area (Å²) >= 11 is 0. The summed E-state index contributed by atoms with van der Waals surface area (Å²) in [5.41, 5.74) is 5.62. The van der Waals surface area contributed by atoms with Crippen molar-refractivity contribution >= 4 is 23.5 Å². The minimum absolute atomic E-state index is 0.114. The molecule has 0 radical (unpaired) electrons. The van der Waals surface area contributed by atoms with Crippen LogP contribution in [0.5, 0.6) is 5.75 Å². The highest BCUT2D eigenvalue weighted by molar-refractivity contribution is 6.06. The highest BCUT2D eigenvalue weighted by Gasteiger charge is 2.56. The number of phenols is 1. The van der Waals surface area contributed by atoms with Crippen LogP contribution in [-0.4, -0.2) is 68.8 Å². The second-order valence-electron chi connectivity index (χ2n) is 13.2. The van der Waals surface area contributed by atoms with Gasteiger partial charge >= 0.3 is 0 Å². The number of carbonyl (C=O) groups excluding carboxylic acids is 2. The lowest BCUT2D eigenvalue weighted by atomic mass is 9.67. The number of allylic oxidation sites excluding steroid dienone is 2. The predicted molar refractivity (Wildman–Crippen MR) is 184 cm³/mol. The SMILES string of the molecule is CCC1=C([C@H](O)CC/C(=C/c2ccccc2O)c2ccccc2)[C@H](CO)[C@@H]2C(=O)N(C3CCN(Cc4ccccc4)CC3)C(=O)[C@@H]2C1. The van der Waals surface area contributed by atoms with Crippen molar-refractivity contribution in [3.05, 3.63) is 113 Å². The van der Waals surface area contributed by atoms with E-state index in [4.69, 9.17) is 0 Å². The average molecular weight is 635 g/mol. The van der Waals surface area contributed by atoms with Crippen LogP contribution in [0.2, 0.25) is 0 Å². The number of aliphatic hydroxyl groups is 2. The number of imide groups is 1. The fourth-order valence-corrected chi connectivity index (χ4v) is 8.06. The second kappa shape index (κ2) is 14.8. The molecule has 0 aromatic heterocycles. The summed E-state index contributed by atoms with van der Waals surface area (Å²) in [6.45, 7) is 4.21. The topological polar surface area (TPSA) is 101 Å². The van der Waals surface area contributed by atoms with Crippen LogP contribution < -0.4 is 0 Å². The predicted octanol–water partition coefficient (Wildman–Crippen LogP) is 6.06. The summed E-state index contributed by atoms with van der Waals surface area (Å²) in [6.07, 6.45) is 4.54. The van der Waals surface area contributed by atoms with Crippen LogP contribution >= 0.6 is 0 Å². The molecular weight excluding hydrogens is 588 g/mol. The molecular formula is C40H46N2O5. The zero-order valence-electron chi connectivity index (χ0n) is 27.2. The van der Waals surface area contributed by atoms with Gasteiger partial charge in [0.05, 0.1) is 24.5 Å². The minimum atomic E-state index is -0.877. The Bertz CT molecular complexity index is 1610. The summed E-state index contributed by atoms with van der Waals surface area (Å²) in [6, 6.07) is 27.3. The number of hydrogen-bond acceptors (Lipinski definition) is 6. The van der Waals surface area contributed by atoms with Crippen LogP contribution in [0.1, 0.15) is 62.1 Å². The zero-order chi connectivity index (χ0) is 32.9. The first-order chi connectivity index (χ1) is 22.9. The third-order valence-electron chi connectivity index (χ3n) is 10.5. The van der Waals surface area contributed by atoms with Gasteiger partial charge in [-0.25, -0.2) is 0 Å². The van der Waals surface area contributed by atoms with E-state index in [1.54, 1.807) is 12.1 Å². The minimum Gasteiger partial charge on any atom is -0.507 e. The first kappa shape index (κ1) is 32.9. The van der Waals surface area contributed by atoms with Crippen LogP contribution in [0, 0.1) is 17.8 Å². The third-order valence-corrected chi connectivity index (χ3v) is 10.5. The van der Waals surface area contributed by atoms with Gasteiger partial charge in [0.15, 0.2) is 0 Å². The highest BCUT2D eigenvalue weighted by Crippen LogP contribution is 2.48. The number of para-hydroxylation sites is 1. The Morgan fingerprint density at radius 2 is 1.57 bits per heavy atom. The van der Waals surface area contributed by atoms with Crippen molar-refractivity contribution in [1.29, 1.82) is 0 Å². The van der Waals surface area contributed by atoms with Crippen molar-refractivity contribution in [3.8, 4) is 5.75 Å². The number of phenolic OH excluding ortho intramolecular Hbond substituents is 1. The Hall–Kier alpha value is -4.04. The Kier molecular flexibility index (Phi) is 10.4. The number of piperidine rings is 1. The maximum absolute atomic E-state index is 14.1. The molecule has 2 heterocycles. The zero-order valence-corrected chi connectivity index (χ0v) is 27.2. The molecule has 0 unspecified atom stereocenters. The summed E-state index contributed by atoms with van der Waals surface area (Å²) in [7, 11) is 0. The number of nitrogens with zero attached hydrogens (tertiary/aromatic N) is 2. The van der Waals surface area contributed by atoms with Gasteiger partial charge in [0, 0.05) is 37.2 Å². The Morgan fingerprint density at radius 1 is 0.915 bits per heavy atom. The van der Waals surface area contributed by atoms with Crippen molar-refractivity contribution in [3.63, 3.8) is 0 Å². The number of benzene rings is 3. The molecule has 7 nitrogen and oxygen atoms in total. The molecule has 0 saturated carbocycles. The molecule has 0 bridgehead atoms. The number of rotatable bonds is 11. The molecule has 47 heavy (non-hydrogen) atoms. The fraction of sp³-hybridized carbons (Fsp3) is 0.400. The Labute approximate surface area is 277 Å². The molecule has 1 aliphatic carbocycles. The van der Waals surface area contributed by atoms with Gasteiger partial charge in [0.2, 0.25) is 11.8 Å². The average Bonchev–Trinajstić information content (AvgIpc) is 3.36. The quantitative estimate of drug-likeness (QED) is 0.135. The van der Waals surface area contributed by atoms with E-state index in [0.29, 0.717) is 31.2 Å². The Morgan fingerprint density at radius 3 is 2.23 bits per heavy atom. The van der Waals surface area contributed by atoms with E-state index in [9.17, 15) is 24.9 Å². The van der Waals surface area contributed by atoms with Crippen molar-refractivity contribution in [2.24, 2.45) is 17.8 Å². The van der Waals surface area contributed by atoms with Crippen molar-refractivity contribution in [2.45, 2.75) is 64.1 Å². The first-order valence-corrected chi connectivity index (χ1v) is 17.1. The van der Waals surface area contributed by atoms with Crippen molar-refractivity contribution in [2.75, 3.05) is 19.7 Å². The summed E-state index contributed by atoms with van der Waals surface area (Å²) < 4.78 is 0.